The first-order chi connectivity index (χ1) is 10.2. The van der Waals surface area contributed by atoms with Crippen molar-refractivity contribution in [1.82, 2.24) is 10.2 Å². The highest BCUT2D eigenvalue weighted by atomic mass is 35.5. The zero-order chi connectivity index (χ0) is 14.7. The van der Waals surface area contributed by atoms with Crippen LogP contribution >= 0.6 is 11.6 Å². The summed E-state index contributed by atoms with van der Waals surface area (Å²) in [7, 11) is 0. The zero-order valence-corrected chi connectivity index (χ0v) is 12.4. The number of nitrogens with zero attached hydrogens (tertiary/aromatic N) is 2. The van der Waals surface area contributed by atoms with E-state index in [2.05, 4.69) is 15.5 Å². The minimum atomic E-state index is -0.286. The summed E-state index contributed by atoms with van der Waals surface area (Å²) in [4.78, 5) is 0. The van der Waals surface area contributed by atoms with Gasteiger partial charge in [-0.2, -0.15) is 0 Å². The number of aromatic nitrogens is 2. The Bertz CT molecular complexity index is 615. The van der Waals surface area contributed by atoms with Crippen molar-refractivity contribution in [2.75, 3.05) is 25.1 Å². The standard InChI is InChI=1S/C14H16ClN3O3/c1-9(15)13-17-18-14(21-13)16-5-4-10-2-3-11-12(8-10)20-7-6-19-11/h2-3,8-9H,4-7H2,1H3,(H,16,18). The monoisotopic (exact) mass is 309 g/mol. The van der Waals surface area contributed by atoms with Crippen molar-refractivity contribution in [3.63, 3.8) is 0 Å². The first kappa shape index (κ1) is 14.0. The van der Waals surface area contributed by atoms with Crippen LogP contribution in [0.3, 0.4) is 0 Å². The van der Waals surface area contributed by atoms with Crippen molar-refractivity contribution >= 4 is 17.6 Å². The van der Waals surface area contributed by atoms with Crippen LogP contribution in [0.15, 0.2) is 22.6 Å². The summed E-state index contributed by atoms with van der Waals surface area (Å²) in [5.74, 6) is 2.02. The maximum Gasteiger partial charge on any atom is 0.315 e. The largest absolute Gasteiger partial charge is 0.486 e. The number of hydrogen-bond donors (Lipinski definition) is 1. The zero-order valence-electron chi connectivity index (χ0n) is 11.6. The van der Waals surface area contributed by atoms with Gasteiger partial charge in [0.15, 0.2) is 11.5 Å². The van der Waals surface area contributed by atoms with Gasteiger partial charge in [-0.1, -0.05) is 11.2 Å². The fourth-order valence-electron chi connectivity index (χ4n) is 2.02. The average molecular weight is 310 g/mol. The van der Waals surface area contributed by atoms with Gasteiger partial charge in [-0.25, -0.2) is 0 Å². The van der Waals surface area contributed by atoms with E-state index in [0.717, 1.165) is 23.5 Å². The Morgan fingerprint density at radius 3 is 2.81 bits per heavy atom. The van der Waals surface area contributed by atoms with E-state index in [4.69, 9.17) is 25.5 Å². The Kier molecular flexibility index (Phi) is 4.15. The lowest BCUT2D eigenvalue weighted by atomic mass is 10.1. The Morgan fingerprint density at radius 2 is 2.05 bits per heavy atom. The Morgan fingerprint density at radius 1 is 1.24 bits per heavy atom. The number of alkyl halides is 1. The second kappa shape index (κ2) is 6.22. The molecule has 0 fully saturated rings. The quantitative estimate of drug-likeness (QED) is 0.857. The minimum absolute atomic E-state index is 0.286. The maximum atomic E-state index is 5.86. The number of nitrogens with one attached hydrogen (secondary N) is 1. The fourth-order valence-corrected chi connectivity index (χ4v) is 2.11. The third kappa shape index (κ3) is 3.39. The molecular formula is C14H16ClN3O3. The molecule has 1 aromatic heterocycles. The molecule has 112 valence electrons. The topological polar surface area (TPSA) is 69.4 Å². The fraction of sp³-hybridized carbons (Fsp3) is 0.429. The summed E-state index contributed by atoms with van der Waals surface area (Å²) in [6.45, 7) is 3.66. The van der Waals surface area contributed by atoms with Crippen LogP contribution in [0.4, 0.5) is 6.01 Å². The van der Waals surface area contributed by atoms with E-state index < -0.39 is 0 Å². The van der Waals surface area contributed by atoms with Crippen LogP contribution in [0.1, 0.15) is 23.8 Å². The van der Waals surface area contributed by atoms with Crippen molar-refractivity contribution in [1.29, 1.82) is 0 Å². The van der Waals surface area contributed by atoms with Crippen LogP contribution in [-0.2, 0) is 6.42 Å². The van der Waals surface area contributed by atoms with Crippen LogP contribution < -0.4 is 14.8 Å². The molecule has 0 bridgehead atoms. The van der Waals surface area contributed by atoms with Crippen LogP contribution in [0.25, 0.3) is 0 Å². The normalized spacial score (nSPS) is 14.8. The first-order valence-electron chi connectivity index (χ1n) is 6.82. The van der Waals surface area contributed by atoms with Crippen LogP contribution in [0.2, 0.25) is 0 Å². The van der Waals surface area contributed by atoms with Crippen LogP contribution in [0.5, 0.6) is 11.5 Å². The molecule has 0 amide bonds. The molecule has 3 rings (SSSR count). The van der Waals surface area contributed by atoms with E-state index in [1.165, 1.54) is 0 Å². The molecule has 1 aliphatic heterocycles. The summed E-state index contributed by atoms with van der Waals surface area (Å²) >= 11 is 5.86. The Balaban J connectivity index is 1.55. The van der Waals surface area contributed by atoms with Gasteiger partial charge in [0.05, 0.1) is 0 Å². The number of rotatable bonds is 5. The maximum absolute atomic E-state index is 5.86. The third-order valence-electron chi connectivity index (χ3n) is 3.08. The predicted molar refractivity (Wildman–Crippen MR) is 78.2 cm³/mol. The molecule has 2 aromatic rings. The van der Waals surface area contributed by atoms with E-state index >= 15 is 0 Å². The lowest BCUT2D eigenvalue weighted by Gasteiger charge is -2.18. The van der Waals surface area contributed by atoms with Gasteiger partial charge in [0.2, 0.25) is 5.89 Å². The van der Waals surface area contributed by atoms with Gasteiger partial charge in [0.25, 0.3) is 0 Å². The molecule has 1 aromatic carbocycles. The highest BCUT2D eigenvalue weighted by Crippen LogP contribution is 2.30. The van der Waals surface area contributed by atoms with E-state index in [9.17, 15) is 0 Å². The smallest absolute Gasteiger partial charge is 0.315 e. The molecule has 0 saturated carbocycles. The highest BCUT2D eigenvalue weighted by Gasteiger charge is 2.12. The SMILES string of the molecule is CC(Cl)c1nnc(NCCc2ccc3c(c2)OCCO3)o1. The summed E-state index contributed by atoms with van der Waals surface area (Å²) in [6.07, 6.45) is 0.810. The van der Waals surface area contributed by atoms with E-state index in [1.54, 1.807) is 6.92 Å². The number of benzene rings is 1. The highest BCUT2D eigenvalue weighted by molar-refractivity contribution is 6.20. The van der Waals surface area contributed by atoms with Gasteiger partial charge in [0.1, 0.15) is 18.6 Å². The first-order valence-corrected chi connectivity index (χ1v) is 7.26. The molecule has 2 heterocycles. The van der Waals surface area contributed by atoms with Gasteiger partial charge in [0, 0.05) is 6.54 Å². The summed E-state index contributed by atoms with van der Waals surface area (Å²) in [6, 6.07) is 6.34. The van der Waals surface area contributed by atoms with Crippen molar-refractivity contribution in [3.05, 3.63) is 29.7 Å². The third-order valence-corrected chi connectivity index (χ3v) is 3.26. The van der Waals surface area contributed by atoms with Gasteiger partial charge >= 0.3 is 6.01 Å². The lowest BCUT2D eigenvalue weighted by molar-refractivity contribution is 0.171. The summed E-state index contributed by atoms with van der Waals surface area (Å²) in [5.41, 5.74) is 1.15. The van der Waals surface area contributed by atoms with Crippen LogP contribution in [-0.4, -0.2) is 30.0 Å². The molecule has 1 N–H and O–H groups in total. The molecule has 0 aliphatic carbocycles. The second-order valence-corrected chi connectivity index (χ2v) is 5.37. The molecule has 0 saturated heterocycles. The molecule has 1 aliphatic rings. The van der Waals surface area contributed by atoms with E-state index in [1.807, 2.05) is 18.2 Å². The number of ether oxygens (including phenoxy) is 2. The van der Waals surface area contributed by atoms with E-state index in [-0.39, 0.29) is 5.38 Å². The molecule has 0 spiro atoms. The molecule has 1 unspecified atom stereocenters. The van der Waals surface area contributed by atoms with Crippen molar-refractivity contribution in [2.24, 2.45) is 0 Å². The second-order valence-electron chi connectivity index (χ2n) is 4.72. The number of halogens is 1. The summed E-state index contributed by atoms with van der Waals surface area (Å²) in [5, 5.41) is 10.5. The number of hydrogen-bond acceptors (Lipinski definition) is 6. The molecule has 1 atom stereocenters. The molecule has 7 heteroatoms. The Hall–Kier alpha value is -1.95. The number of anilines is 1. The van der Waals surface area contributed by atoms with Crippen molar-refractivity contribution < 1.29 is 13.9 Å². The summed E-state index contributed by atoms with van der Waals surface area (Å²) < 4.78 is 16.4. The molecular weight excluding hydrogens is 294 g/mol. The van der Waals surface area contributed by atoms with Gasteiger partial charge in [-0.05, 0) is 31.0 Å². The van der Waals surface area contributed by atoms with Crippen LogP contribution in [0, 0.1) is 0 Å². The molecule has 0 radical (unpaired) electrons. The lowest BCUT2D eigenvalue weighted by Crippen LogP contribution is -2.15. The van der Waals surface area contributed by atoms with Crippen molar-refractivity contribution in [2.45, 2.75) is 18.7 Å². The average Bonchev–Trinajstić information content (AvgIpc) is 2.96. The van der Waals surface area contributed by atoms with E-state index in [0.29, 0.717) is 31.7 Å². The van der Waals surface area contributed by atoms with Gasteiger partial charge < -0.3 is 19.2 Å². The predicted octanol–water partition coefficient (Wildman–Crippen LogP) is 2.80. The number of fused-ring (bicyclic) bond motifs is 1. The minimum Gasteiger partial charge on any atom is -0.486 e. The van der Waals surface area contributed by atoms with Crippen molar-refractivity contribution in [3.8, 4) is 11.5 Å². The van der Waals surface area contributed by atoms with Gasteiger partial charge in [-0.15, -0.1) is 16.7 Å². The molecule has 6 nitrogen and oxygen atoms in total. The van der Waals surface area contributed by atoms with Gasteiger partial charge in [-0.3, -0.25) is 0 Å². The molecule has 21 heavy (non-hydrogen) atoms. The Labute approximate surface area is 127 Å².